The van der Waals surface area contributed by atoms with Gasteiger partial charge in [0, 0.05) is 18.2 Å². The van der Waals surface area contributed by atoms with Crippen molar-refractivity contribution < 1.29 is 19.1 Å². The Balaban J connectivity index is 1.88. The van der Waals surface area contributed by atoms with Gasteiger partial charge in [-0.05, 0) is 37.5 Å². The van der Waals surface area contributed by atoms with Gasteiger partial charge in [-0.15, -0.1) is 0 Å². The predicted octanol–water partition coefficient (Wildman–Crippen LogP) is 0.929. The lowest BCUT2D eigenvalue weighted by Gasteiger charge is -2.37. The van der Waals surface area contributed by atoms with Crippen LogP contribution in [0.3, 0.4) is 0 Å². The van der Waals surface area contributed by atoms with E-state index in [1.165, 1.54) is 18.2 Å². The molecule has 0 spiro atoms. The number of carbonyl (C=O) groups excluding carboxylic acids is 2. The second kappa shape index (κ2) is 7.17. The Bertz CT molecular complexity index is 517. The molecular formula is C15H19FN2O3. The molecule has 114 valence electrons. The van der Waals surface area contributed by atoms with Crippen molar-refractivity contribution in [2.24, 2.45) is 0 Å². The van der Waals surface area contributed by atoms with Crippen molar-refractivity contribution in [1.29, 1.82) is 0 Å². The summed E-state index contributed by atoms with van der Waals surface area (Å²) >= 11 is 0. The van der Waals surface area contributed by atoms with Crippen LogP contribution in [-0.4, -0.2) is 47.6 Å². The maximum absolute atomic E-state index is 13.0. The zero-order valence-electron chi connectivity index (χ0n) is 11.7. The van der Waals surface area contributed by atoms with Crippen molar-refractivity contribution in [3.05, 3.63) is 35.6 Å². The van der Waals surface area contributed by atoms with E-state index in [0.717, 1.165) is 25.3 Å². The Kier molecular flexibility index (Phi) is 5.27. The van der Waals surface area contributed by atoms with Crippen LogP contribution in [0.4, 0.5) is 4.39 Å². The molecule has 1 saturated carbocycles. The molecule has 2 amide bonds. The first-order valence-electron chi connectivity index (χ1n) is 7.06. The summed E-state index contributed by atoms with van der Waals surface area (Å²) in [7, 11) is 0. The molecule has 0 saturated heterocycles. The van der Waals surface area contributed by atoms with E-state index in [2.05, 4.69) is 5.32 Å². The highest BCUT2D eigenvalue weighted by Gasteiger charge is 2.28. The third-order valence-electron chi connectivity index (χ3n) is 3.66. The summed E-state index contributed by atoms with van der Waals surface area (Å²) in [6, 6.07) is 5.47. The number of halogens is 1. The molecular weight excluding hydrogens is 275 g/mol. The van der Waals surface area contributed by atoms with E-state index in [0.29, 0.717) is 0 Å². The maximum atomic E-state index is 13.0. The van der Waals surface area contributed by atoms with Gasteiger partial charge in [0.2, 0.25) is 5.91 Å². The van der Waals surface area contributed by atoms with Crippen LogP contribution in [0.15, 0.2) is 24.3 Å². The minimum atomic E-state index is -0.495. The molecule has 5 nitrogen and oxygen atoms in total. The Morgan fingerprint density at radius 1 is 1.38 bits per heavy atom. The highest BCUT2D eigenvalue weighted by molar-refractivity contribution is 5.96. The molecule has 1 aliphatic carbocycles. The molecule has 0 atom stereocenters. The van der Waals surface area contributed by atoms with Gasteiger partial charge >= 0.3 is 0 Å². The molecule has 0 radical (unpaired) electrons. The van der Waals surface area contributed by atoms with Crippen molar-refractivity contribution >= 4 is 11.8 Å². The molecule has 1 aromatic carbocycles. The summed E-state index contributed by atoms with van der Waals surface area (Å²) in [4.78, 5) is 25.5. The fraction of sp³-hybridized carbons (Fsp3) is 0.467. The smallest absolute Gasteiger partial charge is 0.251 e. The van der Waals surface area contributed by atoms with E-state index in [1.807, 2.05) is 0 Å². The minimum Gasteiger partial charge on any atom is -0.395 e. The van der Waals surface area contributed by atoms with Gasteiger partial charge in [-0.2, -0.15) is 0 Å². The summed E-state index contributed by atoms with van der Waals surface area (Å²) in [6.45, 7) is 0.0330. The molecule has 0 aromatic heterocycles. The highest BCUT2D eigenvalue weighted by Crippen LogP contribution is 2.24. The summed E-state index contributed by atoms with van der Waals surface area (Å²) in [6.07, 6.45) is 2.95. The number of nitrogens with zero attached hydrogens (tertiary/aromatic N) is 1. The number of amides is 2. The normalized spacial score (nSPS) is 14.4. The number of carbonyl (C=O) groups is 2. The van der Waals surface area contributed by atoms with E-state index in [1.54, 1.807) is 4.90 Å². The summed E-state index contributed by atoms with van der Waals surface area (Å²) in [5, 5.41) is 11.5. The second-order valence-electron chi connectivity index (χ2n) is 5.09. The van der Waals surface area contributed by atoms with Gasteiger partial charge in [-0.3, -0.25) is 9.59 Å². The van der Waals surface area contributed by atoms with Crippen molar-refractivity contribution in [2.75, 3.05) is 19.7 Å². The molecule has 1 fully saturated rings. The van der Waals surface area contributed by atoms with Gasteiger partial charge in [0.05, 0.1) is 13.2 Å². The van der Waals surface area contributed by atoms with Gasteiger partial charge in [0.25, 0.3) is 5.91 Å². The van der Waals surface area contributed by atoms with E-state index in [4.69, 9.17) is 5.11 Å². The maximum Gasteiger partial charge on any atom is 0.251 e. The first-order valence-corrected chi connectivity index (χ1v) is 7.06. The first-order chi connectivity index (χ1) is 10.1. The van der Waals surface area contributed by atoms with E-state index < -0.39 is 11.7 Å². The highest BCUT2D eigenvalue weighted by atomic mass is 19.1. The Morgan fingerprint density at radius 3 is 2.71 bits per heavy atom. The van der Waals surface area contributed by atoms with Gasteiger partial charge in [-0.25, -0.2) is 4.39 Å². The minimum absolute atomic E-state index is 0.0971. The van der Waals surface area contributed by atoms with Crippen LogP contribution < -0.4 is 5.32 Å². The molecule has 0 heterocycles. The zero-order valence-corrected chi connectivity index (χ0v) is 11.7. The molecule has 0 aliphatic heterocycles. The molecule has 2 N–H and O–H groups in total. The Morgan fingerprint density at radius 2 is 2.14 bits per heavy atom. The van der Waals surface area contributed by atoms with E-state index in [9.17, 15) is 14.0 Å². The van der Waals surface area contributed by atoms with Crippen LogP contribution in [-0.2, 0) is 4.79 Å². The Hall–Kier alpha value is -1.95. The molecule has 1 aliphatic rings. The number of nitrogens with one attached hydrogen (secondary N) is 1. The average molecular weight is 294 g/mol. The number of hydrogen-bond donors (Lipinski definition) is 2. The molecule has 6 heteroatoms. The fourth-order valence-corrected chi connectivity index (χ4v) is 2.31. The summed E-state index contributed by atoms with van der Waals surface area (Å²) < 4.78 is 13.0. The molecule has 2 rings (SSSR count). The lowest BCUT2D eigenvalue weighted by atomic mass is 9.91. The first kappa shape index (κ1) is 15.4. The standard InChI is InChI=1S/C15H19FN2O3/c16-12-4-1-3-11(9-12)15(21)17-10-14(20)18(7-8-19)13-5-2-6-13/h1,3-4,9,13,19H,2,5-8,10H2,(H,17,21). The second-order valence-corrected chi connectivity index (χ2v) is 5.09. The zero-order chi connectivity index (χ0) is 15.2. The van der Waals surface area contributed by atoms with Crippen molar-refractivity contribution in [2.45, 2.75) is 25.3 Å². The third-order valence-corrected chi connectivity index (χ3v) is 3.66. The predicted molar refractivity (Wildman–Crippen MR) is 75.2 cm³/mol. The molecule has 0 bridgehead atoms. The number of aliphatic hydroxyl groups excluding tert-OH is 1. The van der Waals surface area contributed by atoms with Crippen LogP contribution >= 0.6 is 0 Å². The number of rotatable bonds is 6. The monoisotopic (exact) mass is 294 g/mol. The number of benzene rings is 1. The third kappa shape index (κ3) is 4.01. The topological polar surface area (TPSA) is 69.6 Å². The summed E-state index contributed by atoms with van der Waals surface area (Å²) in [5.74, 6) is -1.20. The average Bonchev–Trinajstić information content (AvgIpc) is 2.42. The quantitative estimate of drug-likeness (QED) is 0.820. The number of aliphatic hydroxyl groups is 1. The molecule has 21 heavy (non-hydrogen) atoms. The van der Waals surface area contributed by atoms with Crippen LogP contribution in [0.5, 0.6) is 0 Å². The van der Waals surface area contributed by atoms with Crippen LogP contribution in [0, 0.1) is 5.82 Å². The SMILES string of the molecule is O=C(NCC(=O)N(CCO)C1CCC1)c1cccc(F)c1. The van der Waals surface area contributed by atoms with Crippen LogP contribution in [0.25, 0.3) is 0 Å². The van der Waals surface area contributed by atoms with E-state index >= 15 is 0 Å². The molecule has 0 unspecified atom stereocenters. The van der Waals surface area contributed by atoms with Gasteiger partial charge < -0.3 is 15.3 Å². The van der Waals surface area contributed by atoms with Crippen LogP contribution in [0.2, 0.25) is 0 Å². The lowest BCUT2D eigenvalue weighted by Crippen LogP contribution is -2.49. The van der Waals surface area contributed by atoms with Gasteiger partial charge in [0.15, 0.2) is 0 Å². The summed E-state index contributed by atoms with van der Waals surface area (Å²) in [5.41, 5.74) is 0.181. The largest absolute Gasteiger partial charge is 0.395 e. The van der Waals surface area contributed by atoms with E-state index in [-0.39, 0.29) is 37.2 Å². The Labute approximate surface area is 122 Å². The van der Waals surface area contributed by atoms with Crippen molar-refractivity contribution in [3.63, 3.8) is 0 Å². The van der Waals surface area contributed by atoms with Gasteiger partial charge in [-0.1, -0.05) is 6.07 Å². The number of hydrogen-bond acceptors (Lipinski definition) is 3. The lowest BCUT2D eigenvalue weighted by molar-refractivity contribution is -0.134. The van der Waals surface area contributed by atoms with Crippen molar-refractivity contribution in [1.82, 2.24) is 10.2 Å². The van der Waals surface area contributed by atoms with Crippen molar-refractivity contribution in [3.8, 4) is 0 Å². The van der Waals surface area contributed by atoms with Crippen LogP contribution in [0.1, 0.15) is 29.6 Å². The van der Waals surface area contributed by atoms with Gasteiger partial charge in [0.1, 0.15) is 5.82 Å². The fourth-order valence-electron chi connectivity index (χ4n) is 2.31. The molecule has 1 aromatic rings.